The van der Waals surface area contributed by atoms with Crippen LogP contribution in [0.25, 0.3) is 0 Å². The second-order valence-electron chi connectivity index (χ2n) is 5.24. The maximum atomic E-state index is 5.21. The summed E-state index contributed by atoms with van der Waals surface area (Å²) in [5.41, 5.74) is 1.39. The van der Waals surface area contributed by atoms with E-state index in [-0.39, 0.29) is 0 Å². The van der Waals surface area contributed by atoms with Crippen LogP contribution in [0.2, 0.25) is 0 Å². The van der Waals surface area contributed by atoms with Crippen LogP contribution in [0, 0.1) is 5.92 Å². The molecule has 1 aliphatic rings. The van der Waals surface area contributed by atoms with Crippen LogP contribution in [-0.4, -0.2) is 44.8 Å². The van der Waals surface area contributed by atoms with E-state index in [0.29, 0.717) is 12.0 Å². The van der Waals surface area contributed by atoms with E-state index in [4.69, 9.17) is 4.74 Å². The van der Waals surface area contributed by atoms with Gasteiger partial charge in [-0.05, 0) is 11.5 Å². The Bertz CT molecular complexity index is 342. The minimum atomic E-state index is 0.467. The van der Waals surface area contributed by atoms with Gasteiger partial charge in [-0.15, -0.1) is 0 Å². The predicted octanol–water partition coefficient (Wildman–Crippen LogP) is 1.92. The van der Waals surface area contributed by atoms with E-state index < -0.39 is 0 Å². The molecule has 3 nitrogen and oxygen atoms in total. The average molecular weight is 248 g/mol. The van der Waals surface area contributed by atoms with Crippen molar-refractivity contribution in [2.45, 2.75) is 13.0 Å². The van der Waals surface area contributed by atoms with Gasteiger partial charge >= 0.3 is 0 Å². The summed E-state index contributed by atoms with van der Waals surface area (Å²) in [6.07, 6.45) is 0. The van der Waals surface area contributed by atoms with Crippen molar-refractivity contribution in [1.29, 1.82) is 0 Å². The Morgan fingerprint density at radius 2 is 2.17 bits per heavy atom. The number of hydrogen-bond acceptors (Lipinski definition) is 3. The number of hydrogen-bond donors (Lipinski definition) is 1. The Kier molecular flexibility index (Phi) is 5.17. The first-order valence-electron chi connectivity index (χ1n) is 6.79. The monoisotopic (exact) mass is 248 g/mol. The number of methoxy groups -OCH3 is 1. The molecular formula is C15H24N2O. The molecule has 0 bridgehead atoms. The molecule has 1 fully saturated rings. The fourth-order valence-corrected chi connectivity index (χ4v) is 2.66. The lowest BCUT2D eigenvalue weighted by Crippen LogP contribution is -2.47. The molecule has 2 unspecified atom stereocenters. The molecule has 1 aliphatic heterocycles. The highest BCUT2D eigenvalue weighted by molar-refractivity contribution is 5.19. The molecule has 0 aromatic heterocycles. The van der Waals surface area contributed by atoms with Crippen molar-refractivity contribution >= 4 is 0 Å². The van der Waals surface area contributed by atoms with Crippen molar-refractivity contribution in [3.8, 4) is 0 Å². The summed E-state index contributed by atoms with van der Waals surface area (Å²) >= 11 is 0. The Hall–Kier alpha value is -0.900. The summed E-state index contributed by atoms with van der Waals surface area (Å²) in [5, 5.41) is 3.60. The van der Waals surface area contributed by atoms with Crippen LogP contribution in [-0.2, 0) is 4.74 Å². The largest absolute Gasteiger partial charge is 0.384 e. The third kappa shape index (κ3) is 3.80. The van der Waals surface area contributed by atoms with Gasteiger partial charge < -0.3 is 10.1 Å². The summed E-state index contributed by atoms with van der Waals surface area (Å²) in [6.45, 7) is 7.52. The van der Waals surface area contributed by atoms with Gasteiger partial charge in [0.1, 0.15) is 0 Å². The van der Waals surface area contributed by atoms with Crippen molar-refractivity contribution in [2.75, 3.05) is 39.9 Å². The van der Waals surface area contributed by atoms with Gasteiger partial charge in [0.05, 0.1) is 0 Å². The Morgan fingerprint density at radius 1 is 1.39 bits per heavy atom. The van der Waals surface area contributed by atoms with Crippen molar-refractivity contribution in [3.63, 3.8) is 0 Å². The quantitative estimate of drug-likeness (QED) is 0.861. The maximum Gasteiger partial charge on any atom is 0.0500 e. The summed E-state index contributed by atoms with van der Waals surface area (Å²) < 4.78 is 5.21. The van der Waals surface area contributed by atoms with Crippen molar-refractivity contribution in [3.05, 3.63) is 35.9 Å². The third-order valence-corrected chi connectivity index (χ3v) is 3.48. The van der Waals surface area contributed by atoms with Crippen LogP contribution in [0.3, 0.4) is 0 Å². The zero-order valence-electron chi connectivity index (χ0n) is 11.4. The van der Waals surface area contributed by atoms with Crippen molar-refractivity contribution in [1.82, 2.24) is 10.2 Å². The van der Waals surface area contributed by atoms with Crippen LogP contribution in [0.5, 0.6) is 0 Å². The zero-order valence-corrected chi connectivity index (χ0v) is 11.4. The number of nitrogens with zero attached hydrogens (tertiary/aromatic N) is 1. The summed E-state index contributed by atoms with van der Waals surface area (Å²) in [7, 11) is 1.78. The molecule has 1 aromatic rings. The number of benzene rings is 1. The topological polar surface area (TPSA) is 24.5 Å². The lowest BCUT2D eigenvalue weighted by Gasteiger charge is -2.35. The average Bonchev–Trinajstić information content (AvgIpc) is 2.40. The first-order valence-corrected chi connectivity index (χ1v) is 6.79. The molecule has 1 aromatic carbocycles. The van der Waals surface area contributed by atoms with Gasteiger partial charge in [-0.25, -0.2) is 0 Å². The molecule has 1 heterocycles. The van der Waals surface area contributed by atoms with Crippen molar-refractivity contribution in [2.24, 2.45) is 5.92 Å². The first kappa shape index (κ1) is 13.5. The summed E-state index contributed by atoms with van der Waals surface area (Å²) in [4.78, 5) is 2.54. The minimum absolute atomic E-state index is 0.467. The molecule has 0 spiro atoms. The van der Waals surface area contributed by atoms with Gasteiger partial charge in [0.25, 0.3) is 0 Å². The molecule has 0 saturated carbocycles. The molecule has 1 N–H and O–H groups in total. The van der Waals surface area contributed by atoms with Gasteiger partial charge in [0.15, 0.2) is 0 Å². The summed E-state index contributed by atoms with van der Waals surface area (Å²) in [6, 6.07) is 11.2. The van der Waals surface area contributed by atoms with Gasteiger partial charge in [-0.1, -0.05) is 37.3 Å². The third-order valence-electron chi connectivity index (χ3n) is 3.48. The Balaban J connectivity index is 1.89. The van der Waals surface area contributed by atoms with Gasteiger partial charge in [-0.2, -0.15) is 0 Å². The molecular weight excluding hydrogens is 224 g/mol. The highest BCUT2D eigenvalue weighted by Crippen LogP contribution is 2.17. The van der Waals surface area contributed by atoms with E-state index in [0.717, 1.165) is 32.8 Å². The Labute approximate surface area is 110 Å². The van der Waals surface area contributed by atoms with Crippen LogP contribution >= 0.6 is 0 Å². The fraction of sp³-hybridized carbons (Fsp3) is 0.600. The lowest BCUT2D eigenvalue weighted by molar-refractivity contribution is 0.114. The molecule has 0 radical (unpaired) electrons. The maximum absolute atomic E-state index is 5.21. The predicted molar refractivity (Wildman–Crippen MR) is 74.7 cm³/mol. The molecule has 2 rings (SSSR count). The first-order chi connectivity index (χ1) is 8.79. The number of nitrogens with one attached hydrogen (secondary N) is 1. The molecule has 0 aliphatic carbocycles. The van der Waals surface area contributed by atoms with Gasteiger partial charge in [0, 0.05) is 45.9 Å². The normalized spacial score (nSPS) is 22.9. The number of piperazine rings is 1. The number of ether oxygens (including phenoxy) is 1. The van der Waals surface area contributed by atoms with E-state index in [1.54, 1.807) is 7.11 Å². The number of rotatable bonds is 5. The van der Waals surface area contributed by atoms with E-state index in [1.165, 1.54) is 5.56 Å². The van der Waals surface area contributed by atoms with Gasteiger partial charge in [0.2, 0.25) is 0 Å². The van der Waals surface area contributed by atoms with E-state index in [2.05, 4.69) is 47.5 Å². The van der Waals surface area contributed by atoms with Crippen LogP contribution in [0.4, 0.5) is 0 Å². The SMILES string of the molecule is COCC(C)CN1CCNC(c2ccccc2)C1. The highest BCUT2D eigenvalue weighted by Gasteiger charge is 2.21. The molecule has 18 heavy (non-hydrogen) atoms. The lowest BCUT2D eigenvalue weighted by atomic mass is 10.0. The van der Waals surface area contributed by atoms with Crippen LogP contribution in [0.15, 0.2) is 30.3 Å². The smallest absolute Gasteiger partial charge is 0.0500 e. The summed E-state index contributed by atoms with van der Waals surface area (Å²) in [5.74, 6) is 0.601. The fourth-order valence-electron chi connectivity index (χ4n) is 2.66. The van der Waals surface area contributed by atoms with Gasteiger partial charge in [-0.3, -0.25) is 4.90 Å². The second kappa shape index (κ2) is 6.88. The minimum Gasteiger partial charge on any atom is -0.384 e. The Morgan fingerprint density at radius 3 is 2.89 bits per heavy atom. The van der Waals surface area contributed by atoms with E-state index >= 15 is 0 Å². The standard InChI is InChI=1S/C15H24N2O/c1-13(12-18-2)10-17-9-8-16-15(11-17)14-6-4-3-5-7-14/h3-7,13,15-16H,8-12H2,1-2H3. The van der Waals surface area contributed by atoms with Crippen LogP contribution < -0.4 is 5.32 Å². The van der Waals surface area contributed by atoms with E-state index in [9.17, 15) is 0 Å². The molecule has 0 amide bonds. The highest BCUT2D eigenvalue weighted by atomic mass is 16.5. The zero-order chi connectivity index (χ0) is 12.8. The second-order valence-corrected chi connectivity index (χ2v) is 5.24. The molecule has 100 valence electrons. The molecule has 2 atom stereocenters. The van der Waals surface area contributed by atoms with Crippen molar-refractivity contribution < 1.29 is 4.74 Å². The molecule has 1 saturated heterocycles. The van der Waals surface area contributed by atoms with E-state index in [1.807, 2.05) is 0 Å². The molecule has 3 heteroatoms. The van der Waals surface area contributed by atoms with Crippen LogP contribution in [0.1, 0.15) is 18.5 Å².